The first-order valence-electron chi connectivity index (χ1n) is 8.94. The standard InChI is InChI=1S/C17H30N2O5Si/c1-16(2)20-10-12(21-16)13-15-14(22-17(3,4)23-15)11(8-9-18)19(13)24-25(5,6)7/h11-15H,8,10H2,1-7H3/t11-,12+,13+,14-,15+/m1/s1. The lowest BCUT2D eigenvalue weighted by molar-refractivity contribution is -0.225. The SMILES string of the molecule is CC1(C)O[C@@H]2[C@H](O1)[C@@H](CC#N)N(O[Si](C)(C)C)[C@H]2[C@@H]1COC(C)(C)O1. The van der Waals surface area contributed by atoms with Gasteiger partial charge in [-0.15, -0.1) is 0 Å². The number of ether oxygens (including phenoxy) is 4. The van der Waals surface area contributed by atoms with Crippen molar-refractivity contribution in [2.45, 2.75) is 95.7 Å². The second kappa shape index (κ2) is 6.27. The van der Waals surface area contributed by atoms with Crippen molar-refractivity contribution in [3.8, 4) is 6.07 Å². The molecule has 3 aliphatic heterocycles. The van der Waals surface area contributed by atoms with E-state index in [1.807, 2.05) is 32.8 Å². The van der Waals surface area contributed by atoms with E-state index in [9.17, 15) is 5.26 Å². The van der Waals surface area contributed by atoms with E-state index in [0.717, 1.165) is 0 Å². The van der Waals surface area contributed by atoms with Crippen LogP contribution in [0.1, 0.15) is 34.1 Å². The van der Waals surface area contributed by atoms with Crippen LogP contribution in [-0.4, -0.2) is 62.0 Å². The number of rotatable bonds is 4. The van der Waals surface area contributed by atoms with Gasteiger partial charge in [0.2, 0.25) is 8.32 Å². The highest BCUT2D eigenvalue weighted by Gasteiger charge is 2.62. The van der Waals surface area contributed by atoms with Gasteiger partial charge in [0, 0.05) is 0 Å². The molecule has 0 amide bonds. The quantitative estimate of drug-likeness (QED) is 0.704. The van der Waals surface area contributed by atoms with Crippen LogP contribution >= 0.6 is 0 Å². The Morgan fingerprint density at radius 1 is 1.08 bits per heavy atom. The lowest BCUT2D eigenvalue weighted by Gasteiger charge is -2.38. The van der Waals surface area contributed by atoms with Gasteiger partial charge in [-0.3, -0.25) is 0 Å². The summed E-state index contributed by atoms with van der Waals surface area (Å²) in [7, 11) is -1.90. The molecule has 3 rings (SSSR count). The van der Waals surface area contributed by atoms with Crippen LogP contribution in [0.2, 0.25) is 19.6 Å². The van der Waals surface area contributed by atoms with Gasteiger partial charge in [0.25, 0.3) is 0 Å². The Morgan fingerprint density at radius 2 is 1.72 bits per heavy atom. The Bertz CT molecular complexity index is 556. The minimum atomic E-state index is -1.90. The lowest BCUT2D eigenvalue weighted by atomic mass is 10.0. The number of hydrogen-bond donors (Lipinski definition) is 0. The summed E-state index contributed by atoms with van der Waals surface area (Å²) in [4.78, 5) is 0. The van der Waals surface area contributed by atoms with Gasteiger partial charge in [0.1, 0.15) is 18.3 Å². The summed E-state index contributed by atoms with van der Waals surface area (Å²) in [5, 5.41) is 11.3. The summed E-state index contributed by atoms with van der Waals surface area (Å²) in [6.45, 7) is 14.5. The van der Waals surface area contributed by atoms with Crippen LogP contribution in [0, 0.1) is 11.3 Å². The molecule has 25 heavy (non-hydrogen) atoms. The van der Waals surface area contributed by atoms with E-state index in [-0.39, 0.29) is 30.4 Å². The smallest absolute Gasteiger partial charge is 0.212 e. The largest absolute Gasteiger partial charge is 0.348 e. The van der Waals surface area contributed by atoms with Crippen molar-refractivity contribution in [2.24, 2.45) is 0 Å². The van der Waals surface area contributed by atoms with Crippen LogP contribution in [0.15, 0.2) is 0 Å². The Kier molecular flexibility index (Phi) is 4.82. The molecule has 0 aromatic heterocycles. The van der Waals surface area contributed by atoms with Gasteiger partial charge in [0.05, 0.1) is 31.2 Å². The van der Waals surface area contributed by atoms with Crippen molar-refractivity contribution >= 4 is 8.32 Å². The van der Waals surface area contributed by atoms with E-state index < -0.39 is 19.9 Å². The van der Waals surface area contributed by atoms with Crippen molar-refractivity contribution in [2.75, 3.05) is 6.61 Å². The molecule has 8 heteroatoms. The van der Waals surface area contributed by atoms with E-state index >= 15 is 0 Å². The summed E-state index contributed by atoms with van der Waals surface area (Å²) >= 11 is 0. The number of hydroxylamine groups is 2. The van der Waals surface area contributed by atoms with E-state index in [4.69, 9.17) is 23.5 Å². The predicted octanol–water partition coefficient (Wildman–Crippen LogP) is 2.39. The van der Waals surface area contributed by atoms with Crippen molar-refractivity contribution in [3.05, 3.63) is 0 Å². The van der Waals surface area contributed by atoms with Crippen molar-refractivity contribution in [1.29, 1.82) is 5.26 Å². The molecule has 3 heterocycles. The molecule has 0 aromatic carbocycles. The van der Waals surface area contributed by atoms with Gasteiger partial charge in [-0.2, -0.15) is 10.3 Å². The Labute approximate surface area is 151 Å². The Morgan fingerprint density at radius 3 is 2.24 bits per heavy atom. The van der Waals surface area contributed by atoms with Crippen molar-refractivity contribution in [3.63, 3.8) is 0 Å². The molecule has 0 radical (unpaired) electrons. The average Bonchev–Trinajstić information content (AvgIpc) is 3.00. The Hall–Kier alpha value is -0.533. The molecule has 0 N–H and O–H groups in total. The molecule has 3 fully saturated rings. The molecule has 142 valence electrons. The minimum absolute atomic E-state index is 0.168. The second-order valence-corrected chi connectivity index (χ2v) is 13.3. The molecule has 0 bridgehead atoms. The highest BCUT2D eigenvalue weighted by molar-refractivity contribution is 6.69. The summed E-state index contributed by atoms with van der Waals surface area (Å²) in [6, 6.07) is 1.93. The number of hydrogen-bond acceptors (Lipinski definition) is 7. The highest BCUT2D eigenvalue weighted by atomic mass is 28.4. The molecule has 0 aromatic rings. The minimum Gasteiger partial charge on any atom is -0.348 e. The van der Waals surface area contributed by atoms with Gasteiger partial charge in [0.15, 0.2) is 11.6 Å². The zero-order valence-electron chi connectivity index (χ0n) is 16.2. The topological polar surface area (TPSA) is 73.2 Å². The number of fused-ring (bicyclic) bond motifs is 1. The van der Waals surface area contributed by atoms with Crippen LogP contribution in [0.4, 0.5) is 0 Å². The fourth-order valence-corrected chi connectivity index (χ4v) is 4.78. The molecule has 5 atom stereocenters. The van der Waals surface area contributed by atoms with Crippen LogP contribution in [0.5, 0.6) is 0 Å². The van der Waals surface area contributed by atoms with E-state index in [2.05, 4.69) is 25.7 Å². The van der Waals surface area contributed by atoms with Crippen molar-refractivity contribution < 1.29 is 23.5 Å². The normalized spacial score (nSPS) is 40.2. The third kappa shape index (κ3) is 3.93. The summed E-state index contributed by atoms with van der Waals surface area (Å²) < 4.78 is 30.7. The fraction of sp³-hybridized carbons (Fsp3) is 0.941. The molecule has 0 aliphatic carbocycles. The third-order valence-corrected chi connectivity index (χ3v) is 5.35. The second-order valence-electron chi connectivity index (χ2n) is 8.92. The molecule has 7 nitrogen and oxygen atoms in total. The molecule has 3 saturated heterocycles. The summed E-state index contributed by atoms with van der Waals surface area (Å²) in [6.07, 6.45) is -0.311. The molecule has 0 spiro atoms. The monoisotopic (exact) mass is 370 g/mol. The third-order valence-electron chi connectivity index (χ3n) is 4.59. The first kappa shape index (κ1) is 19.2. The number of nitriles is 1. The molecular weight excluding hydrogens is 340 g/mol. The van der Waals surface area contributed by atoms with Gasteiger partial charge in [-0.1, -0.05) is 0 Å². The molecule has 0 unspecified atom stereocenters. The van der Waals surface area contributed by atoms with Crippen LogP contribution < -0.4 is 0 Å². The van der Waals surface area contributed by atoms with Gasteiger partial charge in [-0.25, -0.2) is 0 Å². The lowest BCUT2D eigenvalue weighted by Crippen LogP contribution is -2.53. The van der Waals surface area contributed by atoms with Crippen molar-refractivity contribution in [1.82, 2.24) is 5.06 Å². The molecule has 0 saturated carbocycles. The Balaban J connectivity index is 1.93. The zero-order chi connectivity index (χ0) is 18.6. The first-order valence-corrected chi connectivity index (χ1v) is 12.4. The van der Waals surface area contributed by atoms with E-state index in [1.165, 1.54) is 0 Å². The average molecular weight is 371 g/mol. The molecule has 3 aliphatic rings. The zero-order valence-corrected chi connectivity index (χ0v) is 17.2. The summed E-state index contributed by atoms with van der Waals surface area (Å²) in [5.74, 6) is -1.31. The van der Waals surface area contributed by atoms with Gasteiger partial charge < -0.3 is 23.5 Å². The van der Waals surface area contributed by atoms with E-state index in [0.29, 0.717) is 13.0 Å². The first-order chi connectivity index (χ1) is 11.4. The highest BCUT2D eigenvalue weighted by Crippen LogP contribution is 2.45. The van der Waals surface area contributed by atoms with Crippen LogP contribution in [0.25, 0.3) is 0 Å². The number of nitrogens with zero attached hydrogens (tertiary/aromatic N) is 2. The predicted molar refractivity (Wildman–Crippen MR) is 92.8 cm³/mol. The van der Waals surface area contributed by atoms with E-state index in [1.54, 1.807) is 0 Å². The van der Waals surface area contributed by atoms with Gasteiger partial charge >= 0.3 is 0 Å². The fourth-order valence-electron chi connectivity index (χ4n) is 3.89. The maximum absolute atomic E-state index is 9.35. The molecular formula is C17H30N2O5Si. The van der Waals surface area contributed by atoms with Gasteiger partial charge in [-0.05, 0) is 47.3 Å². The summed E-state index contributed by atoms with van der Waals surface area (Å²) in [5.41, 5.74) is 0. The van der Waals surface area contributed by atoms with Crippen LogP contribution in [0.3, 0.4) is 0 Å². The van der Waals surface area contributed by atoms with Crippen LogP contribution in [-0.2, 0) is 23.5 Å². The maximum Gasteiger partial charge on any atom is 0.212 e. The maximum atomic E-state index is 9.35.